The van der Waals surface area contributed by atoms with Crippen LogP contribution in [0, 0.1) is 5.92 Å². The second-order valence-electron chi connectivity index (χ2n) is 6.74. The molecule has 1 rings (SSSR count). The van der Waals surface area contributed by atoms with Crippen molar-refractivity contribution in [3.63, 3.8) is 0 Å². The summed E-state index contributed by atoms with van der Waals surface area (Å²) < 4.78 is 0.473. The largest absolute Gasteiger partial charge is 0.155 e. The highest BCUT2D eigenvalue weighted by atomic mass is 32.2. The lowest BCUT2D eigenvalue weighted by Gasteiger charge is -2.35. The fraction of sp³-hybridized carbons (Fsp3) is 0.889. The van der Waals surface area contributed by atoms with Gasteiger partial charge in [0.2, 0.25) is 0 Å². The third-order valence-corrected chi connectivity index (χ3v) is 6.16. The Morgan fingerprint density at radius 1 is 1.16 bits per heavy atom. The zero-order valence-electron chi connectivity index (χ0n) is 13.6. The van der Waals surface area contributed by atoms with Crippen molar-refractivity contribution < 1.29 is 0 Å². The van der Waals surface area contributed by atoms with Crippen LogP contribution in [-0.4, -0.2) is 10.5 Å². The molecule has 112 valence electrons. The summed E-state index contributed by atoms with van der Waals surface area (Å²) in [7, 11) is 0. The van der Waals surface area contributed by atoms with Crippen LogP contribution in [0.1, 0.15) is 85.5 Å². The summed E-state index contributed by atoms with van der Waals surface area (Å²) in [5.74, 6) is 2.25. The van der Waals surface area contributed by atoms with Crippen LogP contribution >= 0.6 is 11.8 Å². The highest BCUT2D eigenvalue weighted by molar-refractivity contribution is 8.00. The lowest BCUT2D eigenvalue weighted by Crippen LogP contribution is -2.29. The predicted octanol–water partition coefficient (Wildman–Crippen LogP) is 6.61. The third kappa shape index (κ3) is 6.88. The Hall–Kier alpha value is 0.0900. The molecule has 0 amide bonds. The van der Waals surface area contributed by atoms with Gasteiger partial charge in [0.1, 0.15) is 0 Å². The number of allylic oxidation sites excluding steroid dienone is 2. The number of hydrogen-bond donors (Lipinski definition) is 0. The van der Waals surface area contributed by atoms with Gasteiger partial charge < -0.3 is 0 Å². The molecule has 0 fully saturated rings. The number of thioether (sulfide) groups is 1. The molecule has 0 aliphatic heterocycles. The molecular weight excluding hydrogens is 248 g/mol. The van der Waals surface area contributed by atoms with E-state index in [9.17, 15) is 0 Å². The molecule has 0 heterocycles. The average Bonchev–Trinajstić information content (AvgIpc) is 2.38. The molecule has 0 spiro atoms. The first kappa shape index (κ1) is 17.1. The van der Waals surface area contributed by atoms with Crippen LogP contribution in [0.4, 0.5) is 0 Å². The number of rotatable bonds is 9. The van der Waals surface area contributed by atoms with Crippen molar-refractivity contribution in [1.82, 2.24) is 0 Å². The molecule has 0 bridgehead atoms. The molecule has 0 aromatic heterocycles. The highest BCUT2D eigenvalue weighted by Crippen LogP contribution is 2.40. The molecule has 1 aliphatic carbocycles. The molecule has 0 aromatic rings. The van der Waals surface area contributed by atoms with Crippen LogP contribution in [0.2, 0.25) is 0 Å². The normalized spacial score (nSPS) is 20.4. The third-order valence-electron chi connectivity index (χ3n) is 4.59. The maximum absolute atomic E-state index is 2.47. The van der Waals surface area contributed by atoms with E-state index in [1.54, 1.807) is 5.57 Å². The van der Waals surface area contributed by atoms with E-state index in [2.05, 4.69) is 45.5 Å². The van der Waals surface area contributed by atoms with Gasteiger partial charge >= 0.3 is 0 Å². The van der Waals surface area contributed by atoms with E-state index in [0.29, 0.717) is 4.75 Å². The first-order valence-corrected chi connectivity index (χ1v) is 9.34. The van der Waals surface area contributed by atoms with Crippen molar-refractivity contribution >= 4 is 11.8 Å². The van der Waals surface area contributed by atoms with Gasteiger partial charge in [-0.3, -0.25) is 0 Å². The van der Waals surface area contributed by atoms with Crippen molar-refractivity contribution in [3.05, 3.63) is 11.6 Å². The Bertz CT molecular complexity index is 265. The monoisotopic (exact) mass is 282 g/mol. The molecule has 1 atom stereocenters. The molecule has 0 radical (unpaired) electrons. The molecule has 0 aromatic carbocycles. The second-order valence-corrected chi connectivity index (χ2v) is 8.49. The maximum atomic E-state index is 2.47. The van der Waals surface area contributed by atoms with Crippen LogP contribution in [0.25, 0.3) is 0 Å². The minimum absolute atomic E-state index is 0.473. The second kappa shape index (κ2) is 9.10. The zero-order valence-corrected chi connectivity index (χ0v) is 14.5. The average molecular weight is 283 g/mol. The van der Waals surface area contributed by atoms with Crippen LogP contribution < -0.4 is 0 Å². The van der Waals surface area contributed by atoms with Crippen LogP contribution in [0.3, 0.4) is 0 Å². The standard InChI is InChI=1S/C18H34S/c1-5-6-7-8-9-10-15-19-18(3,4)17-13-11-16(2)12-14-17/h11,17H,5-10,12-15H2,1-4H3. The molecule has 0 saturated heterocycles. The van der Waals surface area contributed by atoms with E-state index in [0.717, 1.165) is 5.92 Å². The van der Waals surface area contributed by atoms with Crippen molar-refractivity contribution in [2.75, 3.05) is 5.75 Å². The van der Waals surface area contributed by atoms with E-state index in [-0.39, 0.29) is 0 Å². The molecule has 0 saturated carbocycles. The van der Waals surface area contributed by atoms with E-state index in [4.69, 9.17) is 0 Å². The molecular formula is C18H34S. The van der Waals surface area contributed by atoms with Crippen LogP contribution in [0.15, 0.2) is 11.6 Å². The van der Waals surface area contributed by atoms with Crippen molar-refractivity contribution in [1.29, 1.82) is 0 Å². The van der Waals surface area contributed by atoms with Gasteiger partial charge in [-0.05, 0) is 44.3 Å². The summed E-state index contributed by atoms with van der Waals surface area (Å²) in [6.45, 7) is 9.51. The molecule has 19 heavy (non-hydrogen) atoms. The number of unbranched alkanes of at least 4 members (excludes halogenated alkanes) is 5. The molecule has 1 aliphatic rings. The summed E-state index contributed by atoms with van der Waals surface area (Å²) in [4.78, 5) is 0. The summed E-state index contributed by atoms with van der Waals surface area (Å²) >= 11 is 2.22. The van der Waals surface area contributed by atoms with E-state index in [1.165, 1.54) is 63.5 Å². The Morgan fingerprint density at radius 3 is 2.47 bits per heavy atom. The summed E-state index contributed by atoms with van der Waals surface area (Å²) in [5.41, 5.74) is 1.60. The first-order chi connectivity index (χ1) is 9.06. The molecule has 0 N–H and O–H groups in total. The van der Waals surface area contributed by atoms with Crippen molar-refractivity contribution in [2.45, 2.75) is 90.2 Å². The molecule has 0 nitrogen and oxygen atoms in total. The molecule has 1 heteroatoms. The minimum atomic E-state index is 0.473. The Labute approximate surface area is 125 Å². The Balaban J connectivity index is 2.13. The zero-order chi connectivity index (χ0) is 14.1. The van der Waals surface area contributed by atoms with Crippen molar-refractivity contribution in [2.24, 2.45) is 5.92 Å². The van der Waals surface area contributed by atoms with Gasteiger partial charge in [-0.2, -0.15) is 11.8 Å². The first-order valence-electron chi connectivity index (χ1n) is 8.36. The quantitative estimate of drug-likeness (QED) is 0.339. The van der Waals surface area contributed by atoms with Gasteiger partial charge in [-0.25, -0.2) is 0 Å². The van der Waals surface area contributed by atoms with Gasteiger partial charge in [-0.15, -0.1) is 0 Å². The predicted molar refractivity (Wildman–Crippen MR) is 91.0 cm³/mol. The lowest BCUT2D eigenvalue weighted by atomic mass is 9.82. The van der Waals surface area contributed by atoms with Crippen LogP contribution in [-0.2, 0) is 0 Å². The highest BCUT2D eigenvalue weighted by Gasteiger charge is 2.30. The topological polar surface area (TPSA) is 0 Å². The van der Waals surface area contributed by atoms with Crippen molar-refractivity contribution in [3.8, 4) is 0 Å². The fourth-order valence-corrected chi connectivity index (χ4v) is 4.26. The fourth-order valence-electron chi connectivity index (χ4n) is 2.93. The van der Waals surface area contributed by atoms with Gasteiger partial charge in [-0.1, -0.05) is 64.5 Å². The smallest absolute Gasteiger partial charge is 0.0134 e. The number of hydrogen-bond acceptors (Lipinski definition) is 1. The van der Waals surface area contributed by atoms with Gasteiger partial charge in [0, 0.05) is 4.75 Å². The summed E-state index contributed by atoms with van der Waals surface area (Å²) in [6, 6.07) is 0. The lowest BCUT2D eigenvalue weighted by molar-refractivity contribution is 0.384. The minimum Gasteiger partial charge on any atom is -0.155 e. The maximum Gasteiger partial charge on any atom is 0.0134 e. The molecule has 1 unspecified atom stereocenters. The van der Waals surface area contributed by atoms with Crippen LogP contribution in [0.5, 0.6) is 0 Å². The van der Waals surface area contributed by atoms with Gasteiger partial charge in [0.15, 0.2) is 0 Å². The van der Waals surface area contributed by atoms with E-state index >= 15 is 0 Å². The van der Waals surface area contributed by atoms with E-state index < -0.39 is 0 Å². The SMILES string of the molecule is CCCCCCCCSC(C)(C)C1CC=C(C)CC1. The Kier molecular flexibility index (Phi) is 8.21. The van der Waals surface area contributed by atoms with Gasteiger partial charge in [0.05, 0.1) is 0 Å². The summed E-state index contributed by atoms with van der Waals surface area (Å²) in [6.07, 6.45) is 15.0. The van der Waals surface area contributed by atoms with Gasteiger partial charge in [0.25, 0.3) is 0 Å². The van der Waals surface area contributed by atoms with E-state index in [1.807, 2.05) is 0 Å². The Morgan fingerprint density at radius 2 is 1.84 bits per heavy atom. The summed E-state index contributed by atoms with van der Waals surface area (Å²) in [5, 5.41) is 0.